The number of amides is 1. The quantitative estimate of drug-likeness (QED) is 0.925. The number of alkyl halides is 2. The summed E-state index contributed by atoms with van der Waals surface area (Å²) in [5.41, 5.74) is 0.690. The van der Waals surface area contributed by atoms with Crippen LogP contribution in [-0.2, 0) is 7.05 Å². The largest absolute Gasteiger partial charge is 0.349 e. The highest BCUT2D eigenvalue weighted by Crippen LogP contribution is 2.33. The first-order chi connectivity index (χ1) is 11.6. The van der Waals surface area contributed by atoms with E-state index in [1.165, 1.54) is 23.5 Å². The molecule has 4 nitrogen and oxygen atoms in total. The zero-order chi connectivity index (χ0) is 17.1. The highest BCUT2D eigenvalue weighted by atomic mass is 19.3. The molecule has 3 rings (SSSR count). The van der Waals surface area contributed by atoms with Crippen LogP contribution in [0.3, 0.4) is 0 Å². The van der Waals surface area contributed by atoms with E-state index in [9.17, 15) is 13.6 Å². The molecule has 2 atom stereocenters. The summed E-state index contributed by atoms with van der Waals surface area (Å²) in [6, 6.07) is 10.0. The molecular formula is C18H21F2N3O. The lowest BCUT2D eigenvalue weighted by atomic mass is 9.80. The van der Waals surface area contributed by atoms with Crippen LogP contribution in [0.5, 0.6) is 0 Å². The normalized spacial score (nSPS) is 21.0. The summed E-state index contributed by atoms with van der Waals surface area (Å²) < 4.78 is 27.4. The minimum atomic E-state index is -2.76. The number of nitrogens with one attached hydrogen (secondary N) is 1. The first kappa shape index (κ1) is 16.6. The predicted octanol–water partition coefficient (Wildman–Crippen LogP) is 3.81. The van der Waals surface area contributed by atoms with E-state index in [0.29, 0.717) is 0 Å². The molecule has 0 unspecified atom stereocenters. The van der Waals surface area contributed by atoms with Gasteiger partial charge in [0.1, 0.15) is 5.69 Å². The number of hydrogen-bond donors (Lipinski definition) is 1. The number of aryl methyl sites for hydroxylation is 1. The summed E-state index contributed by atoms with van der Waals surface area (Å²) in [5, 5.41) is 6.67. The van der Waals surface area contributed by atoms with Crippen molar-refractivity contribution in [1.29, 1.82) is 0 Å². The molecule has 1 N–H and O–H groups in total. The molecule has 1 heterocycles. The SMILES string of the molecule is Cn1cc(C(=O)N[C@@H]2CCCC[C@H]2c2ccccc2)c(C(F)F)n1. The van der Waals surface area contributed by atoms with Crippen molar-refractivity contribution in [3.8, 4) is 0 Å². The molecule has 1 aliphatic rings. The highest BCUT2D eigenvalue weighted by molar-refractivity contribution is 5.95. The summed E-state index contributed by atoms with van der Waals surface area (Å²) in [6.07, 6.45) is 2.59. The van der Waals surface area contributed by atoms with Crippen LogP contribution < -0.4 is 5.32 Å². The number of benzene rings is 1. The molecule has 0 spiro atoms. The van der Waals surface area contributed by atoms with E-state index < -0.39 is 18.0 Å². The van der Waals surface area contributed by atoms with Crippen LogP contribution in [-0.4, -0.2) is 21.7 Å². The van der Waals surface area contributed by atoms with Gasteiger partial charge in [-0.05, 0) is 18.4 Å². The third-order valence-corrected chi connectivity index (χ3v) is 4.62. The van der Waals surface area contributed by atoms with Crippen LogP contribution in [0, 0.1) is 0 Å². The summed E-state index contributed by atoms with van der Waals surface area (Å²) in [5.74, 6) is -0.248. The molecule has 0 radical (unpaired) electrons. The molecule has 1 saturated carbocycles. The van der Waals surface area contributed by atoms with Crippen molar-refractivity contribution < 1.29 is 13.6 Å². The van der Waals surface area contributed by atoms with Crippen LogP contribution in [0.2, 0.25) is 0 Å². The number of halogens is 2. The van der Waals surface area contributed by atoms with E-state index in [0.717, 1.165) is 25.7 Å². The van der Waals surface area contributed by atoms with E-state index >= 15 is 0 Å². The fourth-order valence-electron chi connectivity index (χ4n) is 3.49. The molecule has 0 bridgehead atoms. The lowest BCUT2D eigenvalue weighted by Gasteiger charge is -2.32. The van der Waals surface area contributed by atoms with Gasteiger partial charge in [0.2, 0.25) is 0 Å². The van der Waals surface area contributed by atoms with E-state index in [2.05, 4.69) is 22.5 Å². The van der Waals surface area contributed by atoms with Gasteiger partial charge in [0.25, 0.3) is 12.3 Å². The van der Waals surface area contributed by atoms with Gasteiger partial charge >= 0.3 is 0 Å². The van der Waals surface area contributed by atoms with Gasteiger partial charge in [-0.15, -0.1) is 0 Å². The van der Waals surface area contributed by atoms with Crippen molar-refractivity contribution in [3.05, 3.63) is 53.3 Å². The zero-order valence-corrected chi connectivity index (χ0v) is 13.6. The number of hydrogen-bond acceptors (Lipinski definition) is 2. The molecule has 0 saturated heterocycles. The topological polar surface area (TPSA) is 46.9 Å². The molecule has 24 heavy (non-hydrogen) atoms. The number of rotatable bonds is 4. The monoisotopic (exact) mass is 333 g/mol. The number of carbonyl (C=O) groups excluding carboxylic acids is 1. The molecule has 2 aromatic rings. The van der Waals surface area contributed by atoms with Gasteiger partial charge in [-0.3, -0.25) is 9.48 Å². The highest BCUT2D eigenvalue weighted by Gasteiger charge is 2.30. The molecular weight excluding hydrogens is 312 g/mol. The summed E-state index contributed by atoms with van der Waals surface area (Å²) in [6.45, 7) is 0. The fraction of sp³-hybridized carbons (Fsp3) is 0.444. The smallest absolute Gasteiger partial charge is 0.282 e. The molecule has 1 aliphatic carbocycles. The standard InChI is InChI=1S/C18H21F2N3O/c1-23-11-14(16(22-23)17(19)20)18(24)21-15-10-6-5-9-13(15)12-7-3-2-4-8-12/h2-4,7-8,11,13,15,17H,5-6,9-10H2,1H3,(H,21,24)/t13-,15+/m0/s1. The molecule has 1 aromatic heterocycles. The third kappa shape index (κ3) is 3.47. The van der Waals surface area contributed by atoms with E-state index in [4.69, 9.17) is 0 Å². The van der Waals surface area contributed by atoms with Crippen LogP contribution in [0.15, 0.2) is 36.5 Å². The Morgan fingerprint density at radius 2 is 1.96 bits per heavy atom. The maximum Gasteiger partial charge on any atom is 0.282 e. The minimum Gasteiger partial charge on any atom is -0.349 e. The van der Waals surface area contributed by atoms with Gasteiger partial charge in [0.05, 0.1) is 5.56 Å². The van der Waals surface area contributed by atoms with E-state index in [-0.39, 0.29) is 17.5 Å². The van der Waals surface area contributed by atoms with Gasteiger partial charge in [-0.1, -0.05) is 43.2 Å². The van der Waals surface area contributed by atoms with E-state index in [1.54, 1.807) is 0 Å². The minimum absolute atomic E-state index is 0.0371. The van der Waals surface area contributed by atoms with Crippen molar-refractivity contribution in [2.45, 2.75) is 44.1 Å². The Morgan fingerprint density at radius 3 is 2.67 bits per heavy atom. The Hall–Kier alpha value is -2.24. The second-order valence-electron chi connectivity index (χ2n) is 6.28. The average molecular weight is 333 g/mol. The van der Waals surface area contributed by atoms with Gasteiger partial charge in [0, 0.05) is 25.2 Å². The van der Waals surface area contributed by atoms with Crippen molar-refractivity contribution in [2.24, 2.45) is 7.05 Å². The summed E-state index contributed by atoms with van der Waals surface area (Å²) in [4.78, 5) is 12.5. The molecule has 0 aliphatic heterocycles. The molecule has 6 heteroatoms. The molecule has 1 fully saturated rings. The van der Waals surface area contributed by atoms with Gasteiger partial charge in [0.15, 0.2) is 0 Å². The van der Waals surface area contributed by atoms with Crippen LogP contribution >= 0.6 is 0 Å². The van der Waals surface area contributed by atoms with Gasteiger partial charge in [-0.2, -0.15) is 5.10 Å². The van der Waals surface area contributed by atoms with Crippen LogP contribution in [0.1, 0.15) is 59.6 Å². The van der Waals surface area contributed by atoms with Crippen molar-refractivity contribution in [3.63, 3.8) is 0 Å². The number of carbonyl (C=O) groups is 1. The van der Waals surface area contributed by atoms with Crippen molar-refractivity contribution in [2.75, 3.05) is 0 Å². The second kappa shape index (κ2) is 7.11. The van der Waals surface area contributed by atoms with Crippen LogP contribution in [0.4, 0.5) is 8.78 Å². The van der Waals surface area contributed by atoms with Gasteiger partial charge < -0.3 is 5.32 Å². The average Bonchev–Trinajstić information content (AvgIpc) is 2.98. The Bertz CT molecular complexity index is 700. The van der Waals surface area contributed by atoms with Crippen molar-refractivity contribution in [1.82, 2.24) is 15.1 Å². The van der Waals surface area contributed by atoms with Crippen LogP contribution in [0.25, 0.3) is 0 Å². The Labute approximate surface area is 139 Å². The lowest BCUT2D eigenvalue weighted by molar-refractivity contribution is 0.0906. The predicted molar refractivity (Wildman–Crippen MR) is 87.1 cm³/mol. The Kier molecular flexibility index (Phi) is 4.92. The molecule has 1 aromatic carbocycles. The summed E-state index contributed by atoms with van der Waals surface area (Å²) in [7, 11) is 1.54. The first-order valence-electron chi connectivity index (χ1n) is 8.23. The Morgan fingerprint density at radius 1 is 1.25 bits per heavy atom. The lowest BCUT2D eigenvalue weighted by Crippen LogP contribution is -2.41. The zero-order valence-electron chi connectivity index (χ0n) is 13.6. The molecule has 1 amide bonds. The van der Waals surface area contributed by atoms with E-state index in [1.807, 2.05) is 18.2 Å². The van der Waals surface area contributed by atoms with Crippen molar-refractivity contribution >= 4 is 5.91 Å². The Balaban J connectivity index is 1.79. The number of aromatic nitrogens is 2. The maximum atomic E-state index is 13.1. The fourth-order valence-corrected chi connectivity index (χ4v) is 3.49. The third-order valence-electron chi connectivity index (χ3n) is 4.62. The second-order valence-corrected chi connectivity index (χ2v) is 6.28. The first-order valence-corrected chi connectivity index (χ1v) is 8.23. The number of nitrogens with zero attached hydrogens (tertiary/aromatic N) is 2. The summed E-state index contributed by atoms with van der Waals surface area (Å²) >= 11 is 0. The van der Waals surface area contributed by atoms with Gasteiger partial charge in [-0.25, -0.2) is 8.78 Å². The maximum absolute atomic E-state index is 13.1. The molecule has 128 valence electrons.